The summed E-state index contributed by atoms with van der Waals surface area (Å²) in [4.78, 5) is 0. The zero-order valence-electron chi connectivity index (χ0n) is 9.27. The largest absolute Gasteiger partial charge is 0.475 e. The molecule has 0 radical (unpaired) electrons. The summed E-state index contributed by atoms with van der Waals surface area (Å²) < 4.78 is 18.3. The highest BCUT2D eigenvalue weighted by atomic mass is 19.1. The van der Waals surface area contributed by atoms with Crippen molar-refractivity contribution >= 4 is 0 Å². The topological polar surface area (TPSA) is 53.2 Å². The van der Waals surface area contributed by atoms with Crippen molar-refractivity contribution < 1.29 is 14.2 Å². The summed E-state index contributed by atoms with van der Waals surface area (Å²) in [5, 5.41) is 18.2. The van der Waals surface area contributed by atoms with E-state index in [4.69, 9.17) is 10.00 Å². The normalized spacial score (nSPS) is 13.9. The first-order valence-electron chi connectivity index (χ1n) is 5.12. The Morgan fingerprint density at radius 1 is 1.56 bits per heavy atom. The van der Waals surface area contributed by atoms with E-state index in [-0.39, 0.29) is 5.75 Å². The number of rotatable bonds is 4. The maximum Gasteiger partial charge on any atom is 0.184 e. The zero-order valence-corrected chi connectivity index (χ0v) is 9.27. The molecule has 0 aromatic heterocycles. The summed E-state index contributed by atoms with van der Waals surface area (Å²) in [6, 6.07) is 5.85. The van der Waals surface area contributed by atoms with Crippen LogP contribution in [-0.4, -0.2) is 11.2 Å². The molecule has 1 N–H and O–H groups in total. The highest BCUT2D eigenvalue weighted by Crippen LogP contribution is 2.27. The van der Waals surface area contributed by atoms with Crippen LogP contribution in [0.4, 0.5) is 4.39 Å². The molecule has 0 aliphatic carbocycles. The van der Waals surface area contributed by atoms with Gasteiger partial charge in [-0.2, -0.15) is 5.26 Å². The van der Waals surface area contributed by atoms with Gasteiger partial charge in [-0.1, -0.05) is 6.92 Å². The molecule has 0 saturated heterocycles. The predicted octanol–water partition coefficient (Wildman–Crippen LogP) is 2.56. The molecule has 0 heterocycles. The van der Waals surface area contributed by atoms with Gasteiger partial charge in [0, 0.05) is 11.6 Å². The van der Waals surface area contributed by atoms with E-state index in [9.17, 15) is 9.50 Å². The van der Waals surface area contributed by atoms with Crippen LogP contribution in [0.3, 0.4) is 0 Å². The second-order valence-electron chi connectivity index (χ2n) is 3.50. The molecule has 1 rings (SSSR count). The van der Waals surface area contributed by atoms with Gasteiger partial charge < -0.3 is 9.84 Å². The first kappa shape index (κ1) is 12.5. The zero-order chi connectivity index (χ0) is 12.1. The number of hydrogen-bond acceptors (Lipinski definition) is 3. The Bertz CT molecular complexity index is 398. The smallest absolute Gasteiger partial charge is 0.184 e. The quantitative estimate of drug-likeness (QED) is 0.853. The average molecular weight is 223 g/mol. The molecule has 0 spiro atoms. The van der Waals surface area contributed by atoms with E-state index in [0.29, 0.717) is 12.0 Å². The molecule has 0 aliphatic rings. The fourth-order valence-electron chi connectivity index (χ4n) is 1.31. The van der Waals surface area contributed by atoms with Gasteiger partial charge in [-0.3, -0.25) is 0 Å². The van der Waals surface area contributed by atoms with Gasteiger partial charge in [0.15, 0.2) is 6.10 Å². The molecular weight excluding hydrogens is 209 g/mol. The molecule has 0 fully saturated rings. The van der Waals surface area contributed by atoms with Crippen molar-refractivity contribution in [2.24, 2.45) is 0 Å². The molecule has 1 aromatic rings. The third-order valence-corrected chi connectivity index (χ3v) is 2.21. The predicted molar refractivity (Wildman–Crippen MR) is 57.4 cm³/mol. The molecule has 1 aromatic carbocycles. The molecule has 3 nitrogen and oxygen atoms in total. The maximum atomic E-state index is 13.0. The SMILES string of the molecule is CCC(C#N)Oc1cc(F)ccc1[C@@H](C)O. The van der Waals surface area contributed by atoms with Gasteiger partial charge >= 0.3 is 0 Å². The number of hydrogen-bond donors (Lipinski definition) is 1. The van der Waals surface area contributed by atoms with Gasteiger partial charge in [0.1, 0.15) is 17.6 Å². The molecule has 1 unspecified atom stereocenters. The molecule has 0 bridgehead atoms. The lowest BCUT2D eigenvalue weighted by Crippen LogP contribution is -2.14. The van der Waals surface area contributed by atoms with Crippen LogP contribution in [-0.2, 0) is 0 Å². The Hall–Kier alpha value is -1.60. The molecular formula is C12H14FNO2. The van der Waals surface area contributed by atoms with Crippen LogP contribution in [0.15, 0.2) is 18.2 Å². The van der Waals surface area contributed by atoms with Crippen molar-refractivity contribution in [2.75, 3.05) is 0 Å². The van der Waals surface area contributed by atoms with Crippen molar-refractivity contribution in [2.45, 2.75) is 32.5 Å². The van der Waals surface area contributed by atoms with Crippen LogP contribution in [0.1, 0.15) is 31.9 Å². The Balaban J connectivity index is 3.01. The lowest BCUT2D eigenvalue weighted by Gasteiger charge is -2.15. The summed E-state index contributed by atoms with van der Waals surface area (Å²) in [6.45, 7) is 3.36. The molecule has 86 valence electrons. The van der Waals surface area contributed by atoms with Gasteiger partial charge in [0.25, 0.3) is 0 Å². The lowest BCUT2D eigenvalue weighted by atomic mass is 10.1. The van der Waals surface area contributed by atoms with E-state index < -0.39 is 18.0 Å². The van der Waals surface area contributed by atoms with Crippen LogP contribution in [0, 0.1) is 17.1 Å². The van der Waals surface area contributed by atoms with Crippen LogP contribution in [0.25, 0.3) is 0 Å². The van der Waals surface area contributed by atoms with E-state index in [2.05, 4.69) is 0 Å². The van der Waals surface area contributed by atoms with E-state index in [1.165, 1.54) is 18.2 Å². The van der Waals surface area contributed by atoms with Crippen molar-refractivity contribution in [3.05, 3.63) is 29.6 Å². The summed E-state index contributed by atoms with van der Waals surface area (Å²) in [5.41, 5.74) is 0.482. The highest BCUT2D eigenvalue weighted by Gasteiger charge is 2.14. The summed E-state index contributed by atoms with van der Waals surface area (Å²) in [5.74, 6) is -0.226. The van der Waals surface area contributed by atoms with Crippen LogP contribution >= 0.6 is 0 Å². The van der Waals surface area contributed by atoms with Crippen LogP contribution < -0.4 is 4.74 Å². The number of halogens is 1. The lowest BCUT2D eigenvalue weighted by molar-refractivity contribution is 0.184. The number of aliphatic hydroxyl groups is 1. The number of aliphatic hydroxyl groups excluding tert-OH is 1. The standard InChI is InChI=1S/C12H14FNO2/c1-3-10(7-14)16-12-6-9(13)4-5-11(12)8(2)15/h4-6,8,10,15H,3H2,1-2H3/t8-,10?/m1/s1. The van der Waals surface area contributed by atoms with Crippen molar-refractivity contribution in [1.29, 1.82) is 5.26 Å². The number of nitrogens with zero attached hydrogens (tertiary/aromatic N) is 1. The fraction of sp³-hybridized carbons (Fsp3) is 0.417. The van der Waals surface area contributed by atoms with E-state index >= 15 is 0 Å². The monoisotopic (exact) mass is 223 g/mol. The second-order valence-corrected chi connectivity index (χ2v) is 3.50. The minimum absolute atomic E-state index is 0.225. The third kappa shape index (κ3) is 2.94. The first-order valence-corrected chi connectivity index (χ1v) is 5.12. The first-order chi connectivity index (χ1) is 7.58. The van der Waals surface area contributed by atoms with Crippen molar-refractivity contribution in [3.63, 3.8) is 0 Å². The summed E-state index contributed by atoms with van der Waals surface area (Å²) in [6.07, 6.45) is -0.877. The molecule has 4 heteroatoms. The van der Waals surface area contributed by atoms with Gasteiger partial charge in [0.2, 0.25) is 0 Å². The van der Waals surface area contributed by atoms with Crippen LogP contribution in [0.2, 0.25) is 0 Å². The van der Waals surface area contributed by atoms with Crippen molar-refractivity contribution in [1.82, 2.24) is 0 Å². The van der Waals surface area contributed by atoms with Gasteiger partial charge in [-0.15, -0.1) is 0 Å². The Morgan fingerprint density at radius 2 is 2.25 bits per heavy atom. The van der Waals surface area contributed by atoms with E-state index in [1.807, 2.05) is 6.07 Å². The fourth-order valence-corrected chi connectivity index (χ4v) is 1.31. The van der Waals surface area contributed by atoms with E-state index in [1.54, 1.807) is 13.8 Å². The summed E-state index contributed by atoms with van der Waals surface area (Å²) >= 11 is 0. The van der Waals surface area contributed by atoms with Crippen LogP contribution in [0.5, 0.6) is 5.75 Å². The molecule has 16 heavy (non-hydrogen) atoms. The Kier molecular flexibility index (Phi) is 4.27. The maximum absolute atomic E-state index is 13.0. The molecule has 0 aliphatic heterocycles. The van der Waals surface area contributed by atoms with Gasteiger partial charge in [-0.05, 0) is 25.5 Å². The minimum atomic E-state index is -0.758. The molecule has 2 atom stereocenters. The second kappa shape index (κ2) is 5.47. The minimum Gasteiger partial charge on any atom is -0.475 e. The average Bonchev–Trinajstić information content (AvgIpc) is 2.25. The van der Waals surface area contributed by atoms with E-state index in [0.717, 1.165) is 0 Å². The van der Waals surface area contributed by atoms with Crippen molar-refractivity contribution in [3.8, 4) is 11.8 Å². The van der Waals surface area contributed by atoms with Gasteiger partial charge in [0.05, 0.1) is 6.10 Å². The Labute approximate surface area is 94.1 Å². The summed E-state index contributed by atoms with van der Waals surface area (Å²) in [7, 11) is 0. The van der Waals surface area contributed by atoms with Gasteiger partial charge in [-0.25, -0.2) is 4.39 Å². The Morgan fingerprint density at radius 3 is 2.75 bits per heavy atom. The number of nitriles is 1. The molecule has 0 saturated carbocycles. The highest BCUT2D eigenvalue weighted by molar-refractivity contribution is 5.36. The third-order valence-electron chi connectivity index (χ3n) is 2.21. The molecule has 0 amide bonds. The number of benzene rings is 1. The number of ether oxygens (including phenoxy) is 1.